The first kappa shape index (κ1) is 15.6. The zero-order chi connectivity index (χ0) is 11.6. The fourth-order valence-electron chi connectivity index (χ4n) is 0.223. The monoisotopic (exact) mass is 242 g/mol. The van der Waals surface area contributed by atoms with Crippen LogP contribution in [0.25, 0.3) is 0 Å². The average Bonchev–Trinajstić information content (AvgIpc) is 1.99. The Morgan fingerprint density at radius 2 is 1.79 bits per heavy atom. The summed E-state index contributed by atoms with van der Waals surface area (Å²) in [7, 11) is -4.03. The van der Waals surface area contributed by atoms with Crippen LogP contribution in [0.1, 0.15) is 13.8 Å². The zero-order valence-electron chi connectivity index (χ0n) is 7.42. The van der Waals surface area contributed by atoms with E-state index in [1.165, 1.54) is 13.8 Å². The summed E-state index contributed by atoms with van der Waals surface area (Å²) in [5.74, 6) is 4.37. The number of hydrogen-bond donors (Lipinski definition) is 4. The molecule has 0 aliphatic carbocycles. The van der Waals surface area contributed by atoms with Crippen molar-refractivity contribution in [2.45, 2.75) is 13.8 Å². The molecule has 0 radical (unpaired) electrons. The summed E-state index contributed by atoms with van der Waals surface area (Å²) in [4.78, 5) is 0. The van der Waals surface area contributed by atoms with Crippen LogP contribution in [-0.2, 0) is 26.0 Å². The van der Waals surface area contributed by atoms with E-state index in [4.69, 9.17) is 13.7 Å². The van der Waals surface area contributed by atoms with Gasteiger partial charge in [0.25, 0.3) is 0 Å². The van der Waals surface area contributed by atoms with Crippen LogP contribution in [0.3, 0.4) is 0 Å². The molecule has 0 fully saturated rings. The molecule has 0 amide bonds. The maximum atomic E-state index is 9.75. The Morgan fingerprint density at radius 3 is 1.86 bits per heavy atom. The third kappa shape index (κ3) is 22.5. The minimum Gasteiger partial charge on any atom is -0.325 e. The third-order valence-electron chi connectivity index (χ3n) is 0.472. The van der Waals surface area contributed by atoms with Gasteiger partial charge in [-0.2, -0.15) is 4.21 Å². The second-order valence-corrected chi connectivity index (χ2v) is 3.47. The summed E-state index contributed by atoms with van der Waals surface area (Å²) in [5.41, 5.74) is 0. The Labute approximate surface area is 85.6 Å². The summed E-state index contributed by atoms with van der Waals surface area (Å²) < 4.78 is 46.9. The van der Waals surface area contributed by atoms with Crippen molar-refractivity contribution in [1.82, 2.24) is 0 Å². The molecular formula is C6H10O6S2. The highest BCUT2D eigenvalue weighted by atomic mass is 32.3. The molecule has 3 N–H and O–H groups in total. The van der Waals surface area contributed by atoms with Crippen molar-refractivity contribution in [3.05, 3.63) is 0 Å². The summed E-state index contributed by atoms with van der Waals surface area (Å²) in [6.07, 6.45) is 1.95. The van der Waals surface area contributed by atoms with Gasteiger partial charge in [0.2, 0.25) is 0 Å². The maximum Gasteiger partial charge on any atom is 0.366 e. The van der Waals surface area contributed by atoms with E-state index in [2.05, 4.69) is 16.0 Å². The van der Waals surface area contributed by atoms with E-state index >= 15 is 0 Å². The van der Waals surface area contributed by atoms with Crippen molar-refractivity contribution in [3.63, 3.8) is 0 Å². The van der Waals surface area contributed by atoms with Crippen LogP contribution >= 0.6 is 0 Å². The lowest BCUT2D eigenvalue weighted by Gasteiger charge is -1.95. The topological polar surface area (TPSA) is 104 Å². The van der Waals surface area contributed by atoms with Gasteiger partial charge in [0.15, 0.2) is 0 Å². The first-order valence-electron chi connectivity index (χ1n) is 3.03. The molecule has 0 aliphatic rings. The van der Waals surface area contributed by atoms with E-state index in [1.54, 1.807) is 5.25 Å². The van der Waals surface area contributed by atoms with Crippen LogP contribution in [0.2, 0.25) is 0 Å². The molecule has 0 saturated carbocycles. The van der Waals surface area contributed by atoms with E-state index < -0.39 is 21.9 Å². The zero-order valence-corrected chi connectivity index (χ0v) is 9.13. The molecule has 82 valence electrons. The summed E-state index contributed by atoms with van der Waals surface area (Å²) in [6, 6.07) is 0. The molecule has 1 unspecified atom stereocenters. The maximum absolute atomic E-state index is 9.75. The molecule has 0 saturated heterocycles. The van der Waals surface area contributed by atoms with Gasteiger partial charge >= 0.3 is 11.4 Å². The van der Waals surface area contributed by atoms with E-state index in [0.717, 1.165) is 0 Å². The molecule has 0 bridgehead atoms. The highest BCUT2D eigenvalue weighted by molar-refractivity contribution is 7.97. The lowest BCUT2D eigenvalue weighted by molar-refractivity contribution is 0.437. The Bertz CT molecular complexity index is 335. The molecular weight excluding hydrogens is 232 g/mol. The van der Waals surface area contributed by atoms with Crippen LogP contribution in [-0.4, -0.2) is 22.1 Å². The van der Waals surface area contributed by atoms with Crippen molar-refractivity contribution < 1.29 is 26.3 Å². The third-order valence-corrected chi connectivity index (χ3v) is 1.21. The summed E-state index contributed by atoms with van der Waals surface area (Å²) >= 11 is -2.24. The quantitative estimate of drug-likeness (QED) is 0.294. The van der Waals surface area contributed by atoms with Crippen LogP contribution in [0, 0.1) is 23.2 Å². The van der Waals surface area contributed by atoms with Gasteiger partial charge < -0.3 is 13.3 Å². The lowest BCUT2D eigenvalue weighted by atomic mass is 10.8. The van der Waals surface area contributed by atoms with Crippen molar-refractivity contribution in [2.24, 2.45) is 0 Å². The van der Waals surface area contributed by atoms with Gasteiger partial charge in [-0.05, 0) is 6.92 Å². The van der Waals surface area contributed by atoms with Crippen LogP contribution in [0.4, 0.5) is 0 Å². The predicted molar refractivity (Wildman–Crippen MR) is 53.6 cm³/mol. The molecule has 14 heavy (non-hydrogen) atoms. The number of rotatable bonds is 1. The SMILES string of the molecule is CC#COS(=O)O.CC#C[SH](=O)(O)O. The highest BCUT2D eigenvalue weighted by Crippen LogP contribution is 1.83. The van der Waals surface area contributed by atoms with Crippen molar-refractivity contribution in [2.75, 3.05) is 0 Å². The lowest BCUT2D eigenvalue weighted by Crippen LogP contribution is -2.01. The highest BCUT2D eigenvalue weighted by Gasteiger charge is 1.89. The normalized spacial score (nSPS) is 11.5. The number of thiol groups is 1. The van der Waals surface area contributed by atoms with Crippen molar-refractivity contribution in [1.29, 1.82) is 0 Å². The fraction of sp³-hybridized carbons (Fsp3) is 0.333. The van der Waals surface area contributed by atoms with Gasteiger partial charge in [0.05, 0.1) is 0 Å². The second kappa shape index (κ2) is 8.69. The van der Waals surface area contributed by atoms with Gasteiger partial charge in [-0.3, -0.25) is 4.55 Å². The molecule has 1 atom stereocenters. The van der Waals surface area contributed by atoms with E-state index in [9.17, 15) is 8.42 Å². The van der Waals surface area contributed by atoms with Gasteiger partial charge in [-0.25, -0.2) is 4.21 Å². The average molecular weight is 242 g/mol. The molecule has 0 aromatic carbocycles. The van der Waals surface area contributed by atoms with E-state index in [-0.39, 0.29) is 0 Å². The second-order valence-electron chi connectivity index (χ2n) is 1.56. The fourth-order valence-corrected chi connectivity index (χ4v) is 0.669. The molecule has 0 heterocycles. The molecule has 0 spiro atoms. The minimum absolute atomic E-state index is 1.37. The molecule has 0 aromatic heterocycles. The van der Waals surface area contributed by atoms with Crippen LogP contribution < -0.4 is 0 Å². The largest absolute Gasteiger partial charge is 0.366 e. The Kier molecular flexibility index (Phi) is 9.66. The van der Waals surface area contributed by atoms with E-state index in [0.29, 0.717) is 0 Å². The summed E-state index contributed by atoms with van der Waals surface area (Å²) in [6.45, 7) is 2.88. The Balaban J connectivity index is 0. The van der Waals surface area contributed by atoms with Crippen LogP contribution in [0.5, 0.6) is 0 Å². The van der Waals surface area contributed by atoms with Gasteiger partial charge in [0, 0.05) is 12.2 Å². The van der Waals surface area contributed by atoms with Crippen molar-refractivity contribution >= 4 is 21.9 Å². The molecule has 0 aliphatic heterocycles. The van der Waals surface area contributed by atoms with Gasteiger partial charge in [0.1, 0.15) is 16.6 Å². The first-order chi connectivity index (χ1) is 6.33. The van der Waals surface area contributed by atoms with E-state index in [1.807, 2.05) is 6.11 Å². The molecule has 6 nitrogen and oxygen atoms in total. The molecule has 0 aromatic rings. The Morgan fingerprint density at radius 1 is 1.29 bits per heavy atom. The standard InChI is InChI=1S/C3H6O3S.C3H4O3S/c1-2-3-7(4,5)6;1-2-3-6-7(4)5/h7H,1H3,(H2,4,5,6);1H3,(H,4,5). The van der Waals surface area contributed by atoms with Crippen LogP contribution in [0.15, 0.2) is 0 Å². The smallest absolute Gasteiger partial charge is 0.325 e. The summed E-state index contributed by atoms with van der Waals surface area (Å²) in [5, 5.41) is 1.70. The molecule has 8 heteroatoms. The number of hydrogen-bond acceptors (Lipinski definition) is 3. The van der Waals surface area contributed by atoms with Crippen molar-refractivity contribution in [3.8, 4) is 23.2 Å². The van der Waals surface area contributed by atoms with Gasteiger partial charge in [-0.1, -0.05) is 11.8 Å². The Hall–Kier alpha value is -0.900. The first-order valence-corrected chi connectivity index (χ1v) is 5.67. The van der Waals surface area contributed by atoms with Gasteiger partial charge in [-0.15, -0.1) is 0 Å². The minimum atomic E-state index is -4.03. The predicted octanol–water partition coefficient (Wildman–Crippen LogP) is 0.0504. The molecule has 0 rings (SSSR count).